The van der Waals surface area contributed by atoms with Gasteiger partial charge in [0.05, 0.1) is 11.0 Å². The molecule has 0 N–H and O–H groups in total. The van der Waals surface area contributed by atoms with Crippen molar-refractivity contribution in [2.75, 3.05) is 0 Å². The van der Waals surface area contributed by atoms with E-state index in [0.717, 1.165) is 21.5 Å². The molecule has 0 amide bonds. The highest BCUT2D eigenvalue weighted by molar-refractivity contribution is 6.33. The van der Waals surface area contributed by atoms with Gasteiger partial charge in [0, 0.05) is 10.8 Å². The summed E-state index contributed by atoms with van der Waals surface area (Å²) in [6.07, 6.45) is 0. The summed E-state index contributed by atoms with van der Waals surface area (Å²) in [6, 6.07) is 16.5. The number of nitrogens with zero attached hydrogens (tertiary/aromatic N) is 4. The average molecular weight is 332 g/mol. The second-order valence-corrected chi connectivity index (χ2v) is 6.61. The normalized spacial score (nSPS) is 11.4. The molecule has 0 unspecified atom stereocenters. The number of hydrogen-bond acceptors (Lipinski definition) is 4. The van der Waals surface area contributed by atoms with Crippen LogP contribution in [0, 0.1) is 36.5 Å². The fourth-order valence-corrected chi connectivity index (χ4v) is 3.94. The minimum absolute atomic E-state index is 0.0720. The van der Waals surface area contributed by atoms with E-state index in [-0.39, 0.29) is 11.4 Å². The van der Waals surface area contributed by atoms with E-state index in [9.17, 15) is 10.5 Å². The first-order valence-corrected chi connectivity index (χ1v) is 8.32. The molecular weight excluding hydrogens is 320 g/mol. The van der Waals surface area contributed by atoms with Crippen molar-refractivity contribution in [3.8, 4) is 12.1 Å². The Morgan fingerprint density at radius 1 is 0.615 bits per heavy atom. The summed E-state index contributed by atoms with van der Waals surface area (Å²) in [5.74, 6) is 0. The molecule has 0 atom stereocenters. The first kappa shape index (κ1) is 14.6. The van der Waals surface area contributed by atoms with E-state index in [1.165, 1.54) is 21.9 Å². The maximum absolute atomic E-state index is 9.37. The van der Waals surface area contributed by atoms with Gasteiger partial charge in [0.2, 0.25) is 0 Å². The highest BCUT2D eigenvalue weighted by atomic mass is 14.8. The Kier molecular flexibility index (Phi) is 2.73. The second-order valence-electron chi connectivity index (χ2n) is 6.61. The van der Waals surface area contributed by atoms with Crippen molar-refractivity contribution in [1.82, 2.24) is 9.97 Å². The fourth-order valence-electron chi connectivity index (χ4n) is 3.94. The van der Waals surface area contributed by atoms with Crippen molar-refractivity contribution in [2.24, 2.45) is 0 Å². The molecule has 0 radical (unpaired) electrons. The largest absolute Gasteiger partial charge is 0.232 e. The monoisotopic (exact) mass is 332 g/mol. The molecule has 26 heavy (non-hydrogen) atoms. The Hall–Kier alpha value is -3.76. The van der Waals surface area contributed by atoms with Crippen molar-refractivity contribution >= 4 is 43.4 Å². The molecular formula is C22H12N4. The van der Waals surface area contributed by atoms with Crippen LogP contribution in [0.1, 0.15) is 22.5 Å². The van der Waals surface area contributed by atoms with Gasteiger partial charge in [-0.05, 0) is 46.5 Å². The highest BCUT2D eigenvalue weighted by Crippen LogP contribution is 2.41. The van der Waals surface area contributed by atoms with Crippen LogP contribution in [0.4, 0.5) is 0 Å². The van der Waals surface area contributed by atoms with E-state index in [0.29, 0.717) is 11.0 Å². The Bertz CT molecular complexity index is 1350. The van der Waals surface area contributed by atoms with Crippen molar-refractivity contribution < 1.29 is 0 Å². The van der Waals surface area contributed by atoms with Crippen molar-refractivity contribution in [3.63, 3.8) is 0 Å². The van der Waals surface area contributed by atoms with Crippen molar-refractivity contribution in [1.29, 1.82) is 10.5 Å². The average Bonchev–Trinajstić information content (AvgIpc) is 2.67. The van der Waals surface area contributed by atoms with Gasteiger partial charge in [0.15, 0.2) is 11.4 Å². The first-order valence-electron chi connectivity index (χ1n) is 8.32. The third kappa shape index (κ3) is 1.66. The maximum atomic E-state index is 9.37. The van der Waals surface area contributed by atoms with Gasteiger partial charge in [-0.25, -0.2) is 9.97 Å². The molecule has 1 heterocycles. The number of rotatable bonds is 0. The van der Waals surface area contributed by atoms with Crippen LogP contribution in [0.25, 0.3) is 43.4 Å². The Balaban J connectivity index is 2.22. The van der Waals surface area contributed by atoms with Crippen LogP contribution in [-0.4, -0.2) is 9.97 Å². The lowest BCUT2D eigenvalue weighted by Gasteiger charge is -2.16. The number of aromatic nitrogens is 2. The van der Waals surface area contributed by atoms with Crippen LogP contribution in [0.3, 0.4) is 0 Å². The van der Waals surface area contributed by atoms with Crippen LogP contribution >= 0.6 is 0 Å². The molecule has 0 fully saturated rings. The number of benzene rings is 4. The first-order chi connectivity index (χ1) is 12.6. The number of hydrogen-bond donors (Lipinski definition) is 0. The zero-order valence-electron chi connectivity index (χ0n) is 14.3. The van der Waals surface area contributed by atoms with Gasteiger partial charge in [-0.1, -0.05) is 36.4 Å². The summed E-state index contributed by atoms with van der Waals surface area (Å²) in [7, 11) is 0. The standard InChI is InChI=1S/C22H12N4/c1-11-3-5-15-19-13(11)7-8-14-12(2)4-6-16(20(14)19)22-21(15)25-17(9-23)18(10-24)26-22/h3-8H,1-2H3. The quantitative estimate of drug-likeness (QED) is 0.299. The zero-order chi connectivity index (χ0) is 18.0. The summed E-state index contributed by atoms with van der Waals surface area (Å²) in [5.41, 5.74) is 3.89. The molecule has 5 aromatic rings. The van der Waals surface area contributed by atoms with Gasteiger partial charge in [-0.2, -0.15) is 10.5 Å². The van der Waals surface area contributed by atoms with Gasteiger partial charge < -0.3 is 0 Å². The lowest BCUT2D eigenvalue weighted by molar-refractivity contribution is 1.21. The smallest absolute Gasteiger partial charge is 0.177 e. The summed E-state index contributed by atoms with van der Waals surface area (Å²) in [5, 5.41) is 25.3. The van der Waals surface area contributed by atoms with E-state index >= 15 is 0 Å². The summed E-state index contributed by atoms with van der Waals surface area (Å²) in [6.45, 7) is 4.20. The molecule has 0 aliphatic heterocycles. The van der Waals surface area contributed by atoms with E-state index in [4.69, 9.17) is 0 Å². The Morgan fingerprint density at radius 2 is 1.00 bits per heavy atom. The van der Waals surface area contributed by atoms with Crippen LogP contribution in [0.5, 0.6) is 0 Å². The number of fused-ring (bicyclic) bond motifs is 3. The zero-order valence-corrected chi connectivity index (χ0v) is 14.3. The van der Waals surface area contributed by atoms with E-state index in [2.05, 4.69) is 48.1 Å². The third-order valence-corrected chi connectivity index (χ3v) is 5.21. The van der Waals surface area contributed by atoms with Gasteiger partial charge in [-0.3, -0.25) is 0 Å². The minimum atomic E-state index is 0.0720. The molecule has 0 aliphatic rings. The van der Waals surface area contributed by atoms with Gasteiger partial charge in [0.1, 0.15) is 12.1 Å². The number of aryl methyl sites for hydroxylation is 2. The molecule has 0 aliphatic carbocycles. The lowest BCUT2D eigenvalue weighted by Crippen LogP contribution is -1.99. The van der Waals surface area contributed by atoms with Crippen LogP contribution < -0.4 is 0 Å². The van der Waals surface area contributed by atoms with Gasteiger partial charge in [-0.15, -0.1) is 0 Å². The summed E-state index contributed by atoms with van der Waals surface area (Å²) >= 11 is 0. The predicted octanol–water partition coefficient (Wildman–Crippen LogP) is 4.89. The Labute approximate surface area is 149 Å². The molecule has 0 spiro atoms. The van der Waals surface area contributed by atoms with Gasteiger partial charge >= 0.3 is 0 Å². The van der Waals surface area contributed by atoms with Gasteiger partial charge in [0.25, 0.3) is 0 Å². The Morgan fingerprint density at radius 3 is 1.38 bits per heavy atom. The molecule has 0 saturated carbocycles. The number of nitriles is 2. The lowest BCUT2D eigenvalue weighted by atomic mass is 9.89. The molecule has 4 heteroatoms. The fraction of sp³-hybridized carbons (Fsp3) is 0.0909. The maximum Gasteiger partial charge on any atom is 0.177 e. The summed E-state index contributed by atoms with van der Waals surface area (Å²) < 4.78 is 0. The third-order valence-electron chi connectivity index (χ3n) is 5.21. The second kappa shape index (κ2) is 4.88. The van der Waals surface area contributed by atoms with E-state index in [1.807, 2.05) is 24.3 Å². The van der Waals surface area contributed by atoms with E-state index in [1.54, 1.807) is 0 Å². The van der Waals surface area contributed by atoms with Crippen LogP contribution in [-0.2, 0) is 0 Å². The molecule has 1 aromatic heterocycles. The SMILES string of the molecule is Cc1ccc2c3nc(C#N)c(C#N)nc3c3ccc(C)c4ccc1c2c43. The van der Waals surface area contributed by atoms with Crippen molar-refractivity contribution in [3.05, 3.63) is 58.9 Å². The topological polar surface area (TPSA) is 73.4 Å². The molecule has 4 nitrogen and oxygen atoms in total. The van der Waals surface area contributed by atoms with Crippen LogP contribution in [0.2, 0.25) is 0 Å². The molecule has 0 bridgehead atoms. The highest BCUT2D eigenvalue weighted by Gasteiger charge is 2.19. The molecule has 4 aromatic carbocycles. The molecule has 0 saturated heterocycles. The summed E-state index contributed by atoms with van der Waals surface area (Å²) in [4.78, 5) is 9.04. The molecule has 5 rings (SSSR count). The van der Waals surface area contributed by atoms with E-state index < -0.39 is 0 Å². The van der Waals surface area contributed by atoms with Crippen LogP contribution in [0.15, 0.2) is 36.4 Å². The van der Waals surface area contributed by atoms with Crippen molar-refractivity contribution in [2.45, 2.75) is 13.8 Å². The predicted molar refractivity (Wildman–Crippen MR) is 102 cm³/mol. The minimum Gasteiger partial charge on any atom is -0.232 e. The molecule has 120 valence electrons.